The highest BCUT2D eigenvalue weighted by molar-refractivity contribution is 6.27. The van der Waals surface area contributed by atoms with Crippen molar-refractivity contribution in [1.29, 1.82) is 0 Å². The molecule has 0 saturated carbocycles. The van der Waals surface area contributed by atoms with Crippen molar-refractivity contribution in [2.24, 2.45) is 0 Å². The third-order valence-corrected chi connectivity index (χ3v) is 2.88. The first-order valence-corrected chi connectivity index (χ1v) is 6.82. The van der Waals surface area contributed by atoms with Crippen molar-refractivity contribution in [1.82, 2.24) is 0 Å². The molecule has 2 aromatic rings. The van der Waals surface area contributed by atoms with Gasteiger partial charge in [0.15, 0.2) is 0 Å². The molecular weight excluding hydrogens is 298 g/mol. The first-order chi connectivity index (χ1) is 10.9. The highest BCUT2D eigenvalue weighted by Gasteiger charge is 2.04. The predicted octanol–water partition coefficient (Wildman–Crippen LogP) is 2.77. The van der Waals surface area contributed by atoms with E-state index < -0.39 is 11.9 Å². The fraction of sp³-hybridized carbons (Fsp3) is 0.176. The first kappa shape index (κ1) is 18.0. The van der Waals surface area contributed by atoms with Gasteiger partial charge in [-0.2, -0.15) is 0 Å². The number of methoxy groups -OCH3 is 1. The van der Waals surface area contributed by atoms with Crippen LogP contribution in [0.3, 0.4) is 0 Å². The first-order valence-electron chi connectivity index (χ1n) is 6.82. The van der Waals surface area contributed by atoms with Crippen LogP contribution in [-0.2, 0) is 16.1 Å². The van der Waals surface area contributed by atoms with Crippen molar-refractivity contribution >= 4 is 17.6 Å². The fourth-order valence-electron chi connectivity index (χ4n) is 1.80. The van der Waals surface area contributed by atoms with Crippen LogP contribution in [0.4, 0.5) is 5.69 Å². The molecule has 0 spiro atoms. The summed E-state index contributed by atoms with van der Waals surface area (Å²) in [5.74, 6) is -2.72. The molecule has 0 bridgehead atoms. The maximum Gasteiger partial charge on any atom is 0.414 e. The van der Waals surface area contributed by atoms with E-state index in [9.17, 15) is 0 Å². The van der Waals surface area contributed by atoms with Gasteiger partial charge in [-0.25, -0.2) is 9.59 Å². The van der Waals surface area contributed by atoms with Crippen LogP contribution in [0, 0.1) is 6.92 Å². The predicted molar refractivity (Wildman–Crippen MR) is 86.8 cm³/mol. The third-order valence-electron chi connectivity index (χ3n) is 2.88. The molecule has 6 heteroatoms. The van der Waals surface area contributed by atoms with E-state index in [0.717, 1.165) is 23.5 Å². The standard InChI is InChI=1S/C15H17NO.C2H2O4/c1-12-6-5-8-14(10-12)16-11-13-7-3-4-9-15(13)17-2;3-1(4)2(5)6/h3-10,16H,11H2,1-2H3;(H,3,4)(H,5,6). The number of carboxylic acids is 2. The number of para-hydroxylation sites is 1. The Morgan fingerprint density at radius 3 is 2.26 bits per heavy atom. The van der Waals surface area contributed by atoms with E-state index in [1.165, 1.54) is 5.56 Å². The lowest BCUT2D eigenvalue weighted by Crippen LogP contribution is -2.09. The van der Waals surface area contributed by atoms with E-state index in [1.54, 1.807) is 7.11 Å². The minimum absolute atomic E-state index is 0.771. The molecule has 0 radical (unpaired) electrons. The van der Waals surface area contributed by atoms with Crippen LogP contribution >= 0.6 is 0 Å². The van der Waals surface area contributed by atoms with E-state index in [-0.39, 0.29) is 0 Å². The fourth-order valence-corrected chi connectivity index (χ4v) is 1.80. The molecular formula is C17H19NO5. The zero-order chi connectivity index (χ0) is 17.2. The van der Waals surface area contributed by atoms with E-state index in [1.807, 2.05) is 18.2 Å². The molecule has 0 saturated heterocycles. The van der Waals surface area contributed by atoms with Gasteiger partial charge >= 0.3 is 11.9 Å². The Balaban J connectivity index is 0.000000379. The average molecular weight is 317 g/mol. The van der Waals surface area contributed by atoms with Crippen molar-refractivity contribution in [2.75, 3.05) is 12.4 Å². The lowest BCUT2D eigenvalue weighted by Gasteiger charge is -2.10. The Bertz CT molecular complexity index is 658. The van der Waals surface area contributed by atoms with E-state index in [4.69, 9.17) is 24.5 Å². The number of aliphatic carboxylic acids is 2. The Morgan fingerprint density at radius 1 is 1.04 bits per heavy atom. The van der Waals surface area contributed by atoms with Gasteiger partial charge in [-0.3, -0.25) is 0 Å². The molecule has 0 aliphatic rings. The van der Waals surface area contributed by atoms with Gasteiger partial charge in [-0.15, -0.1) is 0 Å². The molecule has 0 fully saturated rings. The number of ether oxygens (including phenoxy) is 1. The van der Waals surface area contributed by atoms with Crippen molar-refractivity contribution in [3.05, 3.63) is 59.7 Å². The number of hydrogen-bond donors (Lipinski definition) is 3. The Labute approximate surface area is 134 Å². The molecule has 0 aliphatic heterocycles. The molecule has 0 aromatic heterocycles. The quantitative estimate of drug-likeness (QED) is 0.750. The second kappa shape index (κ2) is 9.09. The van der Waals surface area contributed by atoms with E-state index >= 15 is 0 Å². The van der Waals surface area contributed by atoms with Gasteiger partial charge in [0.25, 0.3) is 0 Å². The summed E-state index contributed by atoms with van der Waals surface area (Å²) in [6, 6.07) is 16.4. The molecule has 6 nitrogen and oxygen atoms in total. The minimum Gasteiger partial charge on any atom is -0.496 e. The summed E-state index contributed by atoms with van der Waals surface area (Å²) in [6.07, 6.45) is 0. The van der Waals surface area contributed by atoms with Crippen molar-refractivity contribution < 1.29 is 24.5 Å². The Morgan fingerprint density at radius 2 is 1.70 bits per heavy atom. The maximum atomic E-state index is 9.10. The zero-order valence-electron chi connectivity index (χ0n) is 12.9. The maximum absolute atomic E-state index is 9.10. The van der Waals surface area contributed by atoms with Gasteiger partial charge in [0.05, 0.1) is 7.11 Å². The SMILES string of the molecule is COc1ccccc1CNc1cccc(C)c1.O=C(O)C(=O)O. The molecule has 0 amide bonds. The summed E-state index contributed by atoms with van der Waals surface area (Å²) in [7, 11) is 1.70. The molecule has 0 atom stereocenters. The topological polar surface area (TPSA) is 95.9 Å². The average Bonchev–Trinajstić information content (AvgIpc) is 2.53. The van der Waals surface area contributed by atoms with Gasteiger partial charge < -0.3 is 20.3 Å². The van der Waals surface area contributed by atoms with Crippen molar-refractivity contribution in [3.63, 3.8) is 0 Å². The van der Waals surface area contributed by atoms with Crippen LogP contribution in [0.5, 0.6) is 5.75 Å². The van der Waals surface area contributed by atoms with Gasteiger partial charge in [-0.1, -0.05) is 30.3 Å². The van der Waals surface area contributed by atoms with Gasteiger partial charge in [0.2, 0.25) is 0 Å². The molecule has 2 aromatic carbocycles. The summed E-state index contributed by atoms with van der Waals surface area (Å²) in [5, 5.41) is 18.2. The molecule has 3 N–H and O–H groups in total. The minimum atomic E-state index is -1.82. The zero-order valence-corrected chi connectivity index (χ0v) is 12.9. The molecule has 23 heavy (non-hydrogen) atoms. The van der Waals surface area contributed by atoms with Gasteiger partial charge in [-0.05, 0) is 30.7 Å². The number of aryl methyl sites for hydroxylation is 1. The van der Waals surface area contributed by atoms with Crippen LogP contribution in [0.1, 0.15) is 11.1 Å². The van der Waals surface area contributed by atoms with Crippen LogP contribution in [0.2, 0.25) is 0 Å². The van der Waals surface area contributed by atoms with Crippen molar-refractivity contribution in [2.45, 2.75) is 13.5 Å². The second-order valence-electron chi connectivity index (χ2n) is 4.65. The molecule has 2 rings (SSSR count). The molecule has 0 aliphatic carbocycles. The van der Waals surface area contributed by atoms with E-state index in [0.29, 0.717) is 0 Å². The monoisotopic (exact) mass is 317 g/mol. The van der Waals surface area contributed by atoms with Crippen LogP contribution < -0.4 is 10.1 Å². The number of nitrogens with one attached hydrogen (secondary N) is 1. The molecule has 0 heterocycles. The van der Waals surface area contributed by atoms with E-state index in [2.05, 4.69) is 42.6 Å². The third kappa shape index (κ3) is 6.52. The number of hydrogen-bond acceptors (Lipinski definition) is 4. The summed E-state index contributed by atoms with van der Waals surface area (Å²) < 4.78 is 5.32. The molecule has 0 unspecified atom stereocenters. The lowest BCUT2D eigenvalue weighted by molar-refractivity contribution is -0.159. The summed E-state index contributed by atoms with van der Waals surface area (Å²) in [4.78, 5) is 18.2. The summed E-state index contributed by atoms with van der Waals surface area (Å²) in [6.45, 7) is 2.86. The number of benzene rings is 2. The number of rotatable bonds is 4. The Hall–Kier alpha value is -3.02. The van der Waals surface area contributed by atoms with Gasteiger partial charge in [0, 0.05) is 17.8 Å². The van der Waals surface area contributed by atoms with Crippen LogP contribution in [0.25, 0.3) is 0 Å². The second-order valence-corrected chi connectivity index (χ2v) is 4.65. The largest absolute Gasteiger partial charge is 0.496 e. The van der Waals surface area contributed by atoms with Gasteiger partial charge in [0.1, 0.15) is 5.75 Å². The summed E-state index contributed by atoms with van der Waals surface area (Å²) >= 11 is 0. The number of carbonyl (C=O) groups is 2. The highest BCUT2D eigenvalue weighted by Crippen LogP contribution is 2.19. The Kier molecular flexibility index (Phi) is 7.13. The number of anilines is 1. The smallest absolute Gasteiger partial charge is 0.414 e. The normalized spacial score (nSPS) is 9.30. The lowest BCUT2D eigenvalue weighted by atomic mass is 10.2. The van der Waals surface area contributed by atoms with Crippen LogP contribution in [-0.4, -0.2) is 29.3 Å². The number of carboxylic acid groups (broad SMARTS) is 2. The summed E-state index contributed by atoms with van der Waals surface area (Å²) in [5.41, 5.74) is 3.56. The van der Waals surface area contributed by atoms with Crippen molar-refractivity contribution in [3.8, 4) is 5.75 Å². The molecule has 122 valence electrons. The highest BCUT2D eigenvalue weighted by atomic mass is 16.5. The van der Waals surface area contributed by atoms with Crippen LogP contribution in [0.15, 0.2) is 48.5 Å².